The summed E-state index contributed by atoms with van der Waals surface area (Å²) in [6.07, 6.45) is 7.31. The molecule has 0 aliphatic carbocycles. The zero-order chi connectivity index (χ0) is 13.7. The van der Waals surface area contributed by atoms with E-state index in [0.717, 1.165) is 12.1 Å². The number of hydrogen-bond donors (Lipinski definition) is 1. The van der Waals surface area contributed by atoms with Gasteiger partial charge in [-0.15, -0.1) is 0 Å². The van der Waals surface area contributed by atoms with Gasteiger partial charge in [0.05, 0.1) is 17.4 Å². The zero-order valence-electron chi connectivity index (χ0n) is 10.7. The summed E-state index contributed by atoms with van der Waals surface area (Å²) in [5.41, 5.74) is 0.998. The Morgan fingerprint density at radius 1 is 1.32 bits per heavy atom. The third-order valence-electron chi connectivity index (χ3n) is 2.67. The molecule has 1 amide bonds. The number of hydrogen-bond acceptors (Lipinski definition) is 3. The van der Waals surface area contributed by atoms with Crippen molar-refractivity contribution < 1.29 is 4.79 Å². The number of nitrogens with one attached hydrogen (secondary N) is 1. The molecule has 0 atom stereocenters. The van der Waals surface area contributed by atoms with E-state index < -0.39 is 0 Å². The van der Waals surface area contributed by atoms with Crippen LogP contribution in [-0.2, 0) is 24.4 Å². The average Bonchev–Trinajstić information content (AvgIpc) is 3.02. The Morgan fingerprint density at radius 2 is 2.11 bits per heavy atom. The maximum Gasteiger partial charge on any atom is 0.222 e. The quantitative estimate of drug-likeness (QED) is 0.872. The Morgan fingerprint density at radius 3 is 2.74 bits per heavy atom. The highest BCUT2D eigenvalue weighted by Crippen LogP contribution is 2.05. The van der Waals surface area contributed by atoms with Crippen LogP contribution in [0.1, 0.15) is 18.9 Å². The van der Waals surface area contributed by atoms with Gasteiger partial charge < -0.3 is 5.32 Å². The number of carbonyl (C=O) groups is 1. The Kier molecular flexibility index (Phi) is 4.57. The highest BCUT2D eigenvalue weighted by atomic mass is 35.5. The van der Waals surface area contributed by atoms with E-state index in [1.165, 1.54) is 0 Å². The van der Waals surface area contributed by atoms with Gasteiger partial charge in [-0.3, -0.25) is 14.2 Å². The van der Waals surface area contributed by atoms with Gasteiger partial charge in [-0.25, -0.2) is 0 Å². The van der Waals surface area contributed by atoms with Crippen molar-refractivity contribution in [1.82, 2.24) is 24.9 Å². The lowest BCUT2D eigenvalue weighted by atomic mass is 10.3. The van der Waals surface area contributed by atoms with E-state index in [1.54, 1.807) is 23.3 Å². The third kappa shape index (κ3) is 4.10. The minimum Gasteiger partial charge on any atom is -0.352 e. The summed E-state index contributed by atoms with van der Waals surface area (Å²) >= 11 is 5.74. The molecule has 0 unspecified atom stereocenters. The van der Waals surface area contributed by atoms with Gasteiger partial charge in [0.25, 0.3) is 0 Å². The monoisotopic (exact) mass is 281 g/mol. The van der Waals surface area contributed by atoms with Gasteiger partial charge in [0.2, 0.25) is 5.91 Å². The first-order chi connectivity index (χ1) is 9.17. The summed E-state index contributed by atoms with van der Waals surface area (Å²) in [6, 6.07) is 0. The SMILES string of the molecule is CCn1cc(CNC(=O)CCn2cc(Cl)cn2)cn1. The van der Waals surface area contributed by atoms with Crippen molar-refractivity contribution in [3.05, 3.63) is 35.4 Å². The van der Waals surface area contributed by atoms with Crippen LogP contribution < -0.4 is 5.32 Å². The fourth-order valence-electron chi connectivity index (χ4n) is 1.64. The molecule has 0 saturated carbocycles. The number of aromatic nitrogens is 4. The predicted octanol–water partition coefficient (Wildman–Crippen LogP) is 1.46. The maximum atomic E-state index is 11.7. The number of carbonyl (C=O) groups excluding carboxylic acids is 1. The molecule has 0 fully saturated rings. The molecule has 0 aromatic carbocycles. The van der Waals surface area contributed by atoms with Crippen molar-refractivity contribution in [3.63, 3.8) is 0 Å². The molecule has 1 N–H and O–H groups in total. The first-order valence-electron chi connectivity index (χ1n) is 6.13. The van der Waals surface area contributed by atoms with Crippen LogP contribution >= 0.6 is 11.6 Å². The van der Waals surface area contributed by atoms with Gasteiger partial charge >= 0.3 is 0 Å². The standard InChI is InChI=1S/C12H16ClN5O/c1-2-17-8-10(6-15-17)5-14-12(19)3-4-18-9-11(13)7-16-18/h6-9H,2-5H2,1H3,(H,14,19). The van der Waals surface area contributed by atoms with E-state index in [1.807, 2.05) is 17.8 Å². The second-order valence-electron chi connectivity index (χ2n) is 4.15. The van der Waals surface area contributed by atoms with Crippen LogP contribution in [0.25, 0.3) is 0 Å². The van der Waals surface area contributed by atoms with Crippen LogP contribution in [-0.4, -0.2) is 25.5 Å². The summed E-state index contributed by atoms with van der Waals surface area (Å²) in [5.74, 6) is -0.0177. The smallest absolute Gasteiger partial charge is 0.222 e. The molecule has 102 valence electrons. The molecular formula is C12H16ClN5O. The van der Waals surface area contributed by atoms with E-state index >= 15 is 0 Å². The summed E-state index contributed by atoms with van der Waals surface area (Å²) in [4.78, 5) is 11.7. The zero-order valence-corrected chi connectivity index (χ0v) is 11.5. The molecule has 0 radical (unpaired) electrons. The average molecular weight is 282 g/mol. The van der Waals surface area contributed by atoms with Crippen LogP contribution in [0.2, 0.25) is 5.02 Å². The summed E-state index contributed by atoms with van der Waals surface area (Å²) in [6.45, 7) is 3.87. The second kappa shape index (κ2) is 6.38. The van der Waals surface area contributed by atoms with E-state index in [0.29, 0.717) is 24.5 Å². The lowest BCUT2D eigenvalue weighted by Crippen LogP contribution is -2.23. The Hall–Kier alpha value is -1.82. The Labute approximate surface area is 116 Å². The fraction of sp³-hybridized carbons (Fsp3) is 0.417. The molecule has 0 aliphatic rings. The topological polar surface area (TPSA) is 64.7 Å². The van der Waals surface area contributed by atoms with E-state index in [4.69, 9.17) is 11.6 Å². The molecule has 0 aliphatic heterocycles. The summed E-state index contributed by atoms with van der Waals surface area (Å²) in [5, 5.41) is 11.6. The molecule has 19 heavy (non-hydrogen) atoms. The minimum absolute atomic E-state index is 0.0177. The first-order valence-corrected chi connectivity index (χ1v) is 6.51. The van der Waals surface area contributed by atoms with Gasteiger partial charge in [-0.1, -0.05) is 11.6 Å². The molecule has 0 bridgehead atoms. The van der Waals surface area contributed by atoms with Crippen LogP contribution in [0.5, 0.6) is 0 Å². The van der Waals surface area contributed by atoms with Crippen molar-refractivity contribution in [1.29, 1.82) is 0 Å². The summed E-state index contributed by atoms with van der Waals surface area (Å²) < 4.78 is 3.48. The van der Waals surface area contributed by atoms with Gasteiger partial charge in [0.1, 0.15) is 0 Å². The van der Waals surface area contributed by atoms with Crippen LogP contribution in [0.15, 0.2) is 24.8 Å². The van der Waals surface area contributed by atoms with Crippen LogP contribution in [0.4, 0.5) is 0 Å². The molecule has 0 spiro atoms. The van der Waals surface area contributed by atoms with Crippen LogP contribution in [0.3, 0.4) is 0 Å². The molecule has 6 nitrogen and oxygen atoms in total. The third-order valence-corrected chi connectivity index (χ3v) is 2.87. The number of rotatable bonds is 6. The Balaban J connectivity index is 1.72. The molecule has 2 aromatic heterocycles. The lowest BCUT2D eigenvalue weighted by Gasteiger charge is -2.03. The van der Waals surface area contributed by atoms with Gasteiger partial charge in [-0.2, -0.15) is 10.2 Å². The lowest BCUT2D eigenvalue weighted by molar-refractivity contribution is -0.121. The number of halogens is 1. The highest BCUT2D eigenvalue weighted by Gasteiger charge is 2.04. The normalized spacial score (nSPS) is 10.6. The van der Waals surface area contributed by atoms with Crippen molar-refractivity contribution in [3.8, 4) is 0 Å². The van der Waals surface area contributed by atoms with E-state index in [-0.39, 0.29) is 5.91 Å². The largest absolute Gasteiger partial charge is 0.352 e. The first kappa shape index (κ1) is 13.6. The molecular weight excluding hydrogens is 266 g/mol. The molecule has 7 heteroatoms. The van der Waals surface area contributed by atoms with E-state index in [9.17, 15) is 4.79 Å². The molecule has 2 rings (SSSR count). The van der Waals surface area contributed by atoms with Crippen molar-refractivity contribution in [2.75, 3.05) is 0 Å². The van der Waals surface area contributed by atoms with Gasteiger partial charge in [-0.05, 0) is 6.92 Å². The van der Waals surface area contributed by atoms with Gasteiger partial charge in [0.15, 0.2) is 0 Å². The Bertz CT molecular complexity index is 548. The predicted molar refractivity (Wildman–Crippen MR) is 71.6 cm³/mol. The molecule has 2 heterocycles. The van der Waals surface area contributed by atoms with Crippen molar-refractivity contribution >= 4 is 17.5 Å². The second-order valence-corrected chi connectivity index (χ2v) is 4.59. The number of amides is 1. The van der Waals surface area contributed by atoms with E-state index in [2.05, 4.69) is 15.5 Å². The molecule has 0 saturated heterocycles. The summed E-state index contributed by atoms with van der Waals surface area (Å²) in [7, 11) is 0. The fourth-order valence-corrected chi connectivity index (χ4v) is 1.79. The maximum absolute atomic E-state index is 11.7. The van der Waals surface area contributed by atoms with Crippen LogP contribution in [0, 0.1) is 0 Å². The minimum atomic E-state index is -0.0177. The number of aryl methyl sites for hydroxylation is 2. The molecule has 2 aromatic rings. The van der Waals surface area contributed by atoms with Crippen molar-refractivity contribution in [2.45, 2.75) is 33.0 Å². The highest BCUT2D eigenvalue weighted by molar-refractivity contribution is 6.30. The number of nitrogens with zero attached hydrogens (tertiary/aromatic N) is 4. The van der Waals surface area contributed by atoms with Crippen molar-refractivity contribution in [2.24, 2.45) is 0 Å². The van der Waals surface area contributed by atoms with Gasteiger partial charge in [0, 0.05) is 44.0 Å².